The Morgan fingerprint density at radius 1 is 1.14 bits per heavy atom. The number of aliphatic hydroxyl groups excluding tert-OH is 1. The molecule has 0 saturated heterocycles. The van der Waals surface area contributed by atoms with Gasteiger partial charge in [0.05, 0.1) is 24.5 Å². The fraction of sp³-hybridized carbons (Fsp3) is 0.222. The van der Waals surface area contributed by atoms with Crippen LogP contribution in [0, 0.1) is 6.92 Å². The summed E-state index contributed by atoms with van der Waals surface area (Å²) >= 11 is 0. The van der Waals surface area contributed by atoms with Crippen LogP contribution in [0.5, 0.6) is 11.6 Å². The second-order valence-electron chi connectivity index (χ2n) is 5.96. The highest BCUT2D eigenvalue weighted by atomic mass is 19.4. The maximum atomic E-state index is 12.8. The molecule has 1 aromatic carbocycles. The van der Waals surface area contributed by atoms with Gasteiger partial charge in [-0.2, -0.15) is 0 Å². The van der Waals surface area contributed by atoms with Crippen molar-refractivity contribution in [3.8, 4) is 17.3 Å². The Bertz CT molecular complexity index is 1040. The molecule has 2 aromatic heterocycles. The average Bonchev–Trinajstić information content (AvgIpc) is 2.85. The second-order valence-corrected chi connectivity index (χ2v) is 5.96. The molecule has 2 heterocycles. The zero-order valence-electron chi connectivity index (χ0n) is 14.6. The zero-order chi connectivity index (χ0) is 20.5. The Morgan fingerprint density at radius 3 is 2.43 bits per heavy atom. The standard InChI is InChI=1S/C18H16F3N3O4/c1-11-16(26)24(14-2-4-15(5-3-14)28-18(19,20)21)17(27)23(11)9-12-6-7-22-8-13(12)10-25/h2-8,25-26H,9-10H2,1H3. The lowest BCUT2D eigenvalue weighted by Crippen LogP contribution is -2.24. The molecule has 3 aromatic rings. The molecule has 0 aliphatic carbocycles. The van der Waals surface area contributed by atoms with E-state index in [1.54, 1.807) is 6.07 Å². The van der Waals surface area contributed by atoms with E-state index in [-0.39, 0.29) is 30.4 Å². The highest BCUT2D eigenvalue weighted by Gasteiger charge is 2.31. The summed E-state index contributed by atoms with van der Waals surface area (Å²) in [6.45, 7) is 1.36. The smallest absolute Gasteiger partial charge is 0.493 e. The number of hydrogen-bond donors (Lipinski definition) is 2. The average molecular weight is 395 g/mol. The van der Waals surface area contributed by atoms with Crippen LogP contribution in [0.2, 0.25) is 0 Å². The number of hydrogen-bond acceptors (Lipinski definition) is 5. The van der Waals surface area contributed by atoms with Gasteiger partial charge in [-0.3, -0.25) is 9.55 Å². The molecule has 0 radical (unpaired) electrons. The summed E-state index contributed by atoms with van der Waals surface area (Å²) in [5.74, 6) is -0.779. The predicted octanol–water partition coefficient (Wildman–Crippen LogP) is 2.49. The molecule has 0 atom stereocenters. The fourth-order valence-electron chi connectivity index (χ4n) is 2.78. The Kier molecular flexibility index (Phi) is 5.14. The molecule has 10 heteroatoms. The first kappa shape index (κ1) is 19.5. The van der Waals surface area contributed by atoms with Gasteiger partial charge in [0.15, 0.2) is 0 Å². The number of ether oxygens (including phenoxy) is 1. The first-order valence-corrected chi connectivity index (χ1v) is 8.11. The summed E-state index contributed by atoms with van der Waals surface area (Å²) in [5, 5.41) is 19.8. The number of halogens is 3. The molecule has 3 rings (SSSR count). The molecule has 0 aliphatic heterocycles. The Morgan fingerprint density at radius 2 is 1.82 bits per heavy atom. The van der Waals surface area contributed by atoms with Crippen molar-refractivity contribution >= 4 is 0 Å². The molecular formula is C18H16F3N3O4. The van der Waals surface area contributed by atoms with E-state index >= 15 is 0 Å². The van der Waals surface area contributed by atoms with Crippen LogP contribution in [0.4, 0.5) is 13.2 Å². The Hall–Kier alpha value is -3.27. The summed E-state index contributed by atoms with van der Waals surface area (Å²) in [6.07, 6.45) is -1.83. The molecule has 28 heavy (non-hydrogen) atoms. The Labute approximate surface area is 156 Å². The third kappa shape index (κ3) is 3.86. The van der Waals surface area contributed by atoms with Crippen molar-refractivity contribution in [2.24, 2.45) is 0 Å². The minimum Gasteiger partial charge on any atom is -0.493 e. The maximum Gasteiger partial charge on any atom is 0.573 e. The lowest BCUT2D eigenvalue weighted by molar-refractivity contribution is -0.274. The largest absolute Gasteiger partial charge is 0.573 e. The maximum absolute atomic E-state index is 12.8. The van der Waals surface area contributed by atoms with Crippen molar-refractivity contribution < 1.29 is 28.1 Å². The SMILES string of the molecule is Cc1c(O)n(-c2ccc(OC(F)(F)F)cc2)c(=O)n1Cc1ccncc1CO. The monoisotopic (exact) mass is 395 g/mol. The van der Waals surface area contributed by atoms with E-state index in [4.69, 9.17) is 0 Å². The van der Waals surface area contributed by atoms with Gasteiger partial charge in [0.2, 0.25) is 5.88 Å². The van der Waals surface area contributed by atoms with Crippen LogP contribution in [0.3, 0.4) is 0 Å². The van der Waals surface area contributed by atoms with E-state index in [0.29, 0.717) is 11.1 Å². The molecule has 7 nitrogen and oxygen atoms in total. The third-order valence-electron chi connectivity index (χ3n) is 4.19. The topological polar surface area (TPSA) is 89.5 Å². The second kappa shape index (κ2) is 7.39. The molecule has 0 bridgehead atoms. The van der Waals surface area contributed by atoms with E-state index in [2.05, 4.69) is 9.72 Å². The van der Waals surface area contributed by atoms with Gasteiger partial charge in [-0.25, -0.2) is 9.36 Å². The summed E-state index contributed by atoms with van der Waals surface area (Å²) in [4.78, 5) is 16.7. The zero-order valence-corrected chi connectivity index (χ0v) is 14.6. The summed E-state index contributed by atoms with van der Waals surface area (Å²) in [6, 6.07) is 6.21. The number of aromatic hydroxyl groups is 1. The Balaban J connectivity index is 1.98. The highest BCUT2D eigenvalue weighted by Crippen LogP contribution is 2.26. The number of aromatic nitrogens is 3. The predicted molar refractivity (Wildman–Crippen MR) is 92.4 cm³/mol. The van der Waals surface area contributed by atoms with Crippen molar-refractivity contribution in [2.75, 3.05) is 0 Å². The van der Waals surface area contributed by atoms with Crippen LogP contribution in [0.15, 0.2) is 47.5 Å². The van der Waals surface area contributed by atoms with Crippen LogP contribution >= 0.6 is 0 Å². The minimum absolute atomic E-state index is 0.0823. The van der Waals surface area contributed by atoms with Crippen molar-refractivity contribution in [2.45, 2.75) is 26.4 Å². The number of benzene rings is 1. The molecule has 0 amide bonds. The third-order valence-corrected chi connectivity index (χ3v) is 4.19. The molecule has 148 valence electrons. The summed E-state index contributed by atoms with van der Waals surface area (Å²) in [7, 11) is 0. The highest BCUT2D eigenvalue weighted by molar-refractivity contribution is 5.41. The van der Waals surface area contributed by atoms with Crippen molar-refractivity contribution in [3.63, 3.8) is 0 Å². The molecular weight excluding hydrogens is 379 g/mol. The number of aliphatic hydroxyl groups is 1. The number of pyridine rings is 1. The number of rotatable bonds is 5. The van der Waals surface area contributed by atoms with Gasteiger partial charge in [0.25, 0.3) is 0 Å². The van der Waals surface area contributed by atoms with Gasteiger partial charge < -0.3 is 14.9 Å². The summed E-state index contributed by atoms with van der Waals surface area (Å²) in [5.41, 5.74) is 1.04. The molecule has 2 N–H and O–H groups in total. The molecule has 0 aliphatic rings. The van der Waals surface area contributed by atoms with Crippen LogP contribution < -0.4 is 10.4 Å². The fourth-order valence-corrected chi connectivity index (χ4v) is 2.78. The van der Waals surface area contributed by atoms with E-state index in [9.17, 15) is 28.2 Å². The molecule has 0 saturated carbocycles. The number of alkyl halides is 3. The van der Waals surface area contributed by atoms with Crippen LogP contribution in [-0.4, -0.2) is 30.7 Å². The van der Waals surface area contributed by atoms with Gasteiger partial charge >= 0.3 is 12.1 Å². The first-order valence-electron chi connectivity index (χ1n) is 8.11. The van der Waals surface area contributed by atoms with Gasteiger partial charge in [0.1, 0.15) is 5.75 Å². The first-order chi connectivity index (χ1) is 13.2. The van der Waals surface area contributed by atoms with E-state index < -0.39 is 17.8 Å². The van der Waals surface area contributed by atoms with Gasteiger partial charge in [0, 0.05) is 18.0 Å². The molecule has 0 spiro atoms. The lowest BCUT2D eigenvalue weighted by Gasteiger charge is -2.09. The quantitative estimate of drug-likeness (QED) is 0.693. The summed E-state index contributed by atoms with van der Waals surface area (Å²) < 4.78 is 42.9. The van der Waals surface area contributed by atoms with E-state index in [1.807, 2.05) is 0 Å². The van der Waals surface area contributed by atoms with Crippen LogP contribution in [0.1, 0.15) is 16.8 Å². The van der Waals surface area contributed by atoms with Gasteiger partial charge in [-0.1, -0.05) is 0 Å². The normalized spacial score (nSPS) is 11.6. The van der Waals surface area contributed by atoms with E-state index in [1.165, 1.54) is 36.0 Å². The molecule has 0 fully saturated rings. The number of nitrogens with zero attached hydrogens (tertiary/aromatic N) is 3. The van der Waals surface area contributed by atoms with Gasteiger partial charge in [-0.15, -0.1) is 13.2 Å². The van der Waals surface area contributed by atoms with Crippen molar-refractivity contribution in [3.05, 3.63) is 70.0 Å². The molecule has 0 unspecified atom stereocenters. The van der Waals surface area contributed by atoms with Crippen molar-refractivity contribution in [1.82, 2.24) is 14.1 Å². The van der Waals surface area contributed by atoms with Crippen LogP contribution in [0.25, 0.3) is 5.69 Å². The lowest BCUT2D eigenvalue weighted by atomic mass is 10.1. The minimum atomic E-state index is -4.82. The van der Waals surface area contributed by atoms with Gasteiger partial charge in [-0.05, 0) is 42.8 Å². The van der Waals surface area contributed by atoms with Crippen LogP contribution in [-0.2, 0) is 13.2 Å². The number of imidazole rings is 1. The van der Waals surface area contributed by atoms with E-state index in [0.717, 1.165) is 16.7 Å². The van der Waals surface area contributed by atoms with Crippen molar-refractivity contribution in [1.29, 1.82) is 0 Å².